The molecule has 88 valence electrons. The quantitative estimate of drug-likeness (QED) is 0.636. The third kappa shape index (κ3) is 3.15. The Morgan fingerprint density at radius 2 is 2.38 bits per heavy atom. The summed E-state index contributed by atoms with van der Waals surface area (Å²) >= 11 is 5.68. The van der Waals surface area contributed by atoms with E-state index in [1.165, 1.54) is 12.3 Å². The number of nitro groups is 1. The van der Waals surface area contributed by atoms with Crippen LogP contribution in [0.3, 0.4) is 0 Å². The van der Waals surface area contributed by atoms with Gasteiger partial charge in [-0.3, -0.25) is 15.1 Å². The zero-order chi connectivity index (χ0) is 12.1. The maximum atomic E-state index is 10.8. The van der Waals surface area contributed by atoms with Crippen LogP contribution in [0.1, 0.15) is 19.0 Å². The van der Waals surface area contributed by atoms with Crippen LogP contribution in [-0.2, 0) is 6.42 Å². The fourth-order valence-corrected chi connectivity index (χ4v) is 1.61. The summed E-state index contributed by atoms with van der Waals surface area (Å²) in [6.45, 7) is 2.02. The Kier molecular flexibility index (Phi) is 4.64. The molecule has 0 amide bonds. The molecule has 1 atom stereocenters. The number of hydrogen-bond acceptors (Lipinski definition) is 4. The molecule has 5 nitrogen and oxygen atoms in total. The summed E-state index contributed by atoms with van der Waals surface area (Å²) < 4.78 is 0. The number of nitrogens with zero attached hydrogens (tertiary/aromatic N) is 2. The molecule has 1 heterocycles. The molecule has 6 heteroatoms. The van der Waals surface area contributed by atoms with Crippen molar-refractivity contribution in [1.82, 2.24) is 10.3 Å². The number of nitrogens with one attached hydrogen (secondary N) is 1. The molecular weight excluding hydrogens is 230 g/mol. The lowest BCUT2D eigenvalue weighted by Gasteiger charge is -2.12. The molecule has 0 bridgehead atoms. The standard InChI is InChI=1S/C10H14ClN3O2/c1-3-8(12-2)5-9-10(14(15)16)4-7(11)6-13-9/h4,6,8,12H,3,5H2,1-2H3. The molecule has 0 aliphatic rings. The van der Waals surface area contributed by atoms with Crippen molar-refractivity contribution in [2.24, 2.45) is 0 Å². The van der Waals surface area contributed by atoms with Gasteiger partial charge in [0, 0.05) is 24.7 Å². The fraction of sp³-hybridized carbons (Fsp3) is 0.500. The van der Waals surface area contributed by atoms with Gasteiger partial charge in [-0.2, -0.15) is 0 Å². The minimum Gasteiger partial charge on any atom is -0.317 e. The summed E-state index contributed by atoms with van der Waals surface area (Å²) in [5.41, 5.74) is 0.455. The molecule has 0 aromatic carbocycles. The van der Waals surface area contributed by atoms with Crippen LogP contribution in [0.25, 0.3) is 0 Å². The molecule has 0 saturated heterocycles. The van der Waals surface area contributed by atoms with Crippen molar-refractivity contribution in [3.63, 3.8) is 0 Å². The Hall–Kier alpha value is -1.20. The first-order chi connectivity index (χ1) is 7.58. The van der Waals surface area contributed by atoms with E-state index in [1.54, 1.807) is 0 Å². The highest BCUT2D eigenvalue weighted by atomic mass is 35.5. The average molecular weight is 244 g/mol. The minimum atomic E-state index is -0.448. The summed E-state index contributed by atoms with van der Waals surface area (Å²) in [5, 5.41) is 14.2. The van der Waals surface area contributed by atoms with Crippen molar-refractivity contribution in [3.8, 4) is 0 Å². The molecule has 0 spiro atoms. The van der Waals surface area contributed by atoms with Crippen LogP contribution in [0.15, 0.2) is 12.3 Å². The second kappa shape index (κ2) is 5.77. The van der Waals surface area contributed by atoms with E-state index < -0.39 is 4.92 Å². The van der Waals surface area contributed by atoms with Crippen molar-refractivity contribution in [2.75, 3.05) is 7.05 Å². The third-order valence-corrected chi connectivity index (χ3v) is 2.66. The Morgan fingerprint density at radius 1 is 1.69 bits per heavy atom. The van der Waals surface area contributed by atoms with Gasteiger partial charge < -0.3 is 5.32 Å². The maximum Gasteiger partial charge on any atom is 0.292 e. The summed E-state index contributed by atoms with van der Waals surface area (Å²) in [5.74, 6) is 0. The van der Waals surface area contributed by atoms with Crippen molar-refractivity contribution < 1.29 is 4.92 Å². The first kappa shape index (κ1) is 12.9. The summed E-state index contributed by atoms with van der Waals surface area (Å²) in [6.07, 6.45) is 2.85. The van der Waals surface area contributed by atoms with E-state index in [-0.39, 0.29) is 16.8 Å². The van der Waals surface area contributed by atoms with Gasteiger partial charge in [-0.1, -0.05) is 18.5 Å². The SMILES string of the molecule is CCC(Cc1ncc(Cl)cc1[N+](=O)[O-])NC. The fourth-order valence-electron chi connectivity index (χ4n) is 1.46. The maximum absolute atomic E-state index is 10.8. The first-order valence-electron chi connectivity index (χ1n) is 5.04. The van der Waals surface area contributed by atoms with Gasteiger partial charge in [-0.05, 0) is 13.5 Å². The zero-order valence-corrected chi connectivity index (χ0v) is 9.99. The Balaban J connectivity index is 2.98. The van der Waals surface area contributed by atoms with Crippen LogP contribution in [0.4, 0.5) is 5.69 Å². The lowest BCUT2D eigenvalue weighted by molar-refractivity contribution is -0.386. The second-order valence-electron chi connectivity index (χ2n) is 3.47. The van der Waals surface area contributed by atoms with E-state index in [1.807, 2.05) is 14.0 Å². The smallest absolute Gasteiger partial charge is 0.292 e. The van der Waals surface area contributed by atoms with E-state index >= 15 is 0 Å². The number of pyridine rings is 1. The number of rotatable bonds is 5. The van der Waals surface area contributed by atoms with Gasteiger partial charge >= 0.3 is 0 Å². The Labute approximate surface area is 99.0 Å². The molecule has 1 N–H and O–H groups in total. The second-order valence-corrected chi connectivity index (χ2v) is 3.91. The molecule has 0 fully saturated rings. The average Bonchev–Trinajstić information content (AvgIpc) is 2.27. The van der Waals surface area contributed by atoms with Crippen LogP contribution >= 0.6 is 11.6 Å². The molecule has 1 aromatic rings. The number of likely N-dealkylation sites (N-methyl/N-ethyl adjacent to an activating group) is 1. The van der Waals surface area contributed by atoms with Crippen LogP contribution in [0.5, 0.6) is 0 Å². The number of halogens is 1. The molecule has 0 aliphatic heterocycles. The van der Waals surface area contributed by atoms with Gasteiger partial charge in [-0.15, -0.1) is 0 Å². The van der Waals surface area contributed by atoms with Gasteiger partial charge in [0.25, 0.3) is 5.69 Å². The molecule has 1 aromatic heterocycles. The Morgan fingerprint density at radius 3 is 2.88 bits per heavy atom. The van der Waals surface area contributed by atoms with Gasteiger partial charge in [0.2, 0.25) is 0 Å². The normalized spacial score (nSPS) is 12.4. The third-order valence-electron chi connectivity index (χ3n) is 2.45. The molecule has 0 saturated carbocycles. The topological polar surface area (TPSA) is 68.1 Å². The predicted molar refractivity (Wildman–Crippen MR) is 62.7 cm³/mol. The van der Waals surface area contributed by atoms with Crippen LogP contribution in [-0.4, -0.2) is 23.0 Å². The van der Waals surface area contributed by atoms with E-state index in [9.17, 15) is 10.1 Å². The summed E-state index contributed by atoms with van der Waals surface area (Å²) in [7, 11) is 1.83. The van der Waals surface area contributed by atoms with Crippen molar-refractivity contribution in [3.05, 3.63) is 33.1 Å². The van der Waals surface area contributed by atoms with Gasteiger partial charge in [0.15, 0.2) is 0 Å². The van der Waals surface area contributed by atoms with Crippen LogP contribution in [0, 0.1) is 10.1 Å². The monoisotopic (exact) mass is 243 g/mol. The molecule has 16 heavy (non-hydrogen) atoms. The van der Waals surface area contributed by atoms with Crippen molar-refractivity contribution >= 4 is 17.3 Å². The first-order valence-corrected chi connectivity index (χ1v) is 5.42. The molecule has 0 radical (unpaired) electrons. The van der Waals surface area contributed by atoms with E-state index in [2.05, 4.69) is 10.3 Å². The lowest BCUT2D eigenvalue weighted by atomic mass is 10.1. The van der Waals surface area contributed by atoms with E-state index in [4.69, 9.17) is 11.6 Å². The number of hydrogen-bond donors (Lipinski definition) is 1. The van der Waals surface area contributed by atoms with Gasteiger partial charge in [-0.25, -0.2) is 0 Å². The molecule has 1 rings (SSSR count). The predicted octanol–water partition coefficient (Wildman–Crippen LogP) is 2.18. The summed E-state index contributed by atoms with van der Waals surface area (Å²) in [4.78, 5) is 14.4. The minimum absolute atomic E-state index is 0.0128. The van der Waals surface area contributed by atoms with E-state index in [0.29, 0.717) is 12.1 Å². The highest BCUT2D eigenvalue weighted by Crippen LogP contribution is 2.22. The van der Waals surface area contributed by atoms with Gasteiger partial charge in [0.05, 0.1) is 9.95 Å². The number of aromatic nitrogens is 1. The van der Waals surface area contributed by atoms with Crippen LogP contribution in [0.2, 0.25) is 5.02 Å². The highest BCUT2D eigenvalue weighted by Gasteiger charge is 2.18. The molecule has 1 unspecified atom stereocenters. The van der Waals surface area contributed by atoms with E-state index in [0.717, 1.165) is 6.42 Å². The highest BCUT2D eigenvalue weighted by molar-refractivity contribution is 6.30. The Bertz CT molecular complexity index is 380. The largest absolute Gasteiger partial charge is 0.317 e. The van der Waals surface area contributed by atoms with Crippen molar-refractivity contribution in [1.29, 1.82) is 0 Å². The van der Waals surface area contributed by atoms with Gasteiger partial charge in [0.1, 0.15) is 5.69 Å². The van der Waals surface area contributed by atoms with Crippen molar-refractivity contribution in [2.45, 2.75) is 25.8 Å². The van der Waals surface area contributed by atoms with Crippen LogP contribution < -0.4 is 5.32 Å². The zero-order valence-electron chi connectivity index (χ0n) is 9.24. The lowest BCUT2D eigenvalue weighted by Crippen LogP contribution is -2.27. The summed E-state index contributed by atoms with van der Waals surface area (Å²) in [6, 6.07) is 1.53. The molecular formula is C10H14ClN3O2. The molecule has 0 aliphatic carbocycles.